The van der Waals surface area contributed by atoms with Gasteiger partial charge in [-0.2, -0.15) is 0 Å². The van der Waals surface area contributed by atoms with Crippen LogP contribution in [0.4, 0.5) is 4.39 Å². The number of halogens is 1. The van der Waals surface area contributed by atoms with Gasteiger partial charge in [-0.05, 0) is 86.3 Å². The van der Waals surface area contributed by atoms with E-state index in [-0.39, 0.29) is 5.82 Å². The molecule has 1 heteroatoms. The molecular weight excluding hydrogens is 295 g/mol. The summed E-state index contributed by atoms with van der Waals surface area (Å²) in [7, 11) is 0. The summed E-state index contributed by atoms with van der Waals surface area (Å²) in [5.41, 5.74) is 2.03. The Morgan fingerprint density at radius 2 is 1.83 bits per heavy atom. The van der Waals surface area contributed by atoms with Gasteiger partial charge in [0.25, 0.3) is 0 Å². The van der Waals surface area contributed by atoms with E-state index in [1.54, 1.807) is 0 Å². The molecule has 0 nitrogen and oxygen atoms in total. The highest BCUT2D eigenvalue weighted by Gasteiger charge is 2.30. The van der Waals surface area contributed by atoms with Crippen LogP contribution in [0.1, 0.15) is 81.8 Å². The minimum absolute atomic E-state index is 0.0247. The Morgan fingerprint density at radius 3 is 2.46 bits per heavy atom. The van der Waals surface area contributed by atoms with Gasteiger partial charge in [0, 0.05) is 0 Å². The van der Waals surface area contributed by atoms with Crippen LogP contribution in [-0.2, 0) is 0 Å². The molecule has 1 saturated carbocycles. The van der Waals surface area contributed by atoms with Gasteiger partial charge in [-0.3, -0.25) is 0 Å². The number of rotatable bonds is 5. The van der Waals surface area contributed by atoms with Crippen molar-refractivity contribution >= 4 is 0 Å². The molecule has 0 amide bonds. The third-order valence-corrected chi connectivity index (χ3v) is 6.63. The Balaban J connectivity index is 1.77. The molecule has 1 fully saturated rings. The van der Waals surface area contributed by atoms with Crippen molar-refractivity contribution in [2.24, 2.45) is 17.8 Å². The monoisotopic (exact) mass is 328 g/mol. The highest BCUT2D eigenvalue weighted by Crippen LogP contribution is 2.43. The van der Waals surface area contributed by atoms with Crippen molar-refractivity contribution in [3.05, 3.63) is 47.3 Å². The van der Waals surface area contributed by atoms with Crippen LogP contribution in [0.5, 0.6) is 0 Å². The van der Waals surface area contributed by atoms with Crippen LogP contribution in [0.2, 0.25) is 0 Å². The van der Waals surface area contributed by atoms with Crippen molar-refractivity contribution in [1.82, 2.24) is 0 Å². The van der Waals surface area contributed by atoms with E-state index in [4.69, 9.17) is 0 Å². The zero-order valence-electron chi connectivity index (χ0n) is 15.4. The lowest BCUT2D eigenvalue weighted by Crippen LogP contribution is -2.23. The molecule has 3 rings (SSSR count). The van der Waals surface area contributed by atoms with E-state index in [1.165, 1.54) is 63.4 Å². The average Bonchev–Trinajstić information content (AvgIpc) is 2.63. The fourth-order valence-electron chi connectivity index (χ4n) is 4.87. The van der Waals surface area contributed by atoms with Gasteiger partial charge in [-0.1, -0.05) is 50.5 Å². The molecule has 0 spiro atoms. The maximum Gasteiger partial charge on any atom is 0.126 e. The third kappa shape index (κ3) is 4.29. The second-order valence-electron chi connectivity index (χ2n) is 8.19. The Kier molecular flexibility index (Phi) is 6.14. The molecule has 0 saturated heterocycles. The van der Waals surface area contributed by atoms with E-state index in [1.807, 2.05) is 19.1 Å². The molecule has 0 N–H and O–H groups in total. The number of allylic oxidation sites excluding steroid dienone is 2. The van der Waals surface area contributed by atoms with Gasteiger partial charge in [-0.25, -0.2) is 4.39 Å². The van der Waals surface area contributed by atoms with E-state index >= 15 is 0 Å². The maximum atomic E-state index is 14.2. The smallest absolute Gasteiger partial charge is 0.126 e. The first-order valence-electron chi connectivity index (χ1n) is 10.1. The quantitative estimate of drug-likeness (QED) is 0.502. The third-order valence-electron chi connectivity index (χ3n) is 6.63. The van der Waals surface area contributed by atoms with Crippen molar-refractivity contribution in [3.8, 4) is 0 Å². The average molecular weight is 329 g/mol. The Hall–Kier alpha value is -1.11. The summed E-state index contributed by atoms with van der Waals surface area (Å²) in [6, 6.07) is 6.02. The van der Waals surface area contributed by atoms with Gasteiger partial charge in [0.1, 0.15) is 5.82 Å². The molecule has 1 aromatic rings. The van der Waals surface area contributed by atoms with Crippen molar-refractivity contribution < 1.29 is 4.39 Å². The Morgan fingerprint density at radius 1 is 1.04 bits per heavy atom. The summed E-state index contributed by atoms with van der Waals surface area (Å²) in [6.07, 6.45) is 16.4. The van der Waals surface area contributed by atoms with E-state index in [2.05, 4.69) is 25.1 Å². The zero-order valence-corrected chi connectivity index (χ0v) is 15.4. The first kappa shape index (κ1) is 17.7. The summed E-state index contributed by atoms with van der Waals surface area (Å²) in [5.74, 6) is 2.99. The van der Waals surface area contributed by atoms with Crippen LogP contribution in [0.25, 0.3) is 0 Å². The van der Waals surface area contributed by atoms with Crippen molar-refractivity contribution in [3.63, 3.8) is 0 Å². The van der Waals surface area contributed by atoms with Crippen molar-refractivity contribution in [1.29, 1.82) is 0 Å². The van der Waals surface area contributed by atoms with Gasteiger partial charge < -0.3 is 0 Å². The van der Waals surface area contributed by atoms with E-state index in [0.29, 0.717) is 5.92 Å². The molecule has 2 aliphatic rings. The van der Waals surface area contributed by atoms with E-state index in [0.717, 1.165) is 23.3 Å². The lowest BCUT2D eigenvalue weighted by atomic mass is 9.69. The summed E-state index contributed by atoms with van der Waals surface area (Å²) < 4.78 is 14.2. The Bertz CT molecular complexity index is 551. The van der Waals surface area contributed by atoms with Gasteiger partial charge in [0.2, 0.25) is 0 Å². The highest BCUT2D eigenvalue weighted by molar-refractivity contribution is 5.27. The molecule has 0 aromatic heterocycles. The highest BCUT2D eigenvalue weighted by atomic mass is 19.1. The molecule has 24 heavy (non-hydrogen) atoms. The maximum absolute atomic E-state index is 14.2. The first-order chi connectivity index (χ1) is 11.7. The van der Waals surface area contributed by atoms with Crippen LogP contribution in [0.15, 0.2) is 30.4 Å². The van der Waals surface area contributed by atoms with Gasteiger partial charge >= 0.3 is 0 Å². The second kappa shape index (κ2) is 8.32. The summed E-state index contributed by atoms with van der Waals surface area (Å²) in [5, 5.41) is 0. The molecular formula is C23H33F. The van der Waals surface area contributed by atoms with E-state index < -0.39 is 0 Å². The lowest BCUT2D eigenvalue weighted by molar-refractivity contribution is 0.215. The van der Waals surface area contributed by atoms with Crippen LogP contribution >= 0.6 is 0 Å². The van der Waals surface area contributed by atoms with Crippen LogP contribution < -0.4 is 0 Å². The lowest BCUT2D eigenvalue weighted by Gasteiger charge is -2.36. The largest absolute Gasteiger partial charge is 0.207 e. The van der Waals surface area contributed by atoms with Crippen molar-refractivity contribution in [2.45, 2.75) is 77.6 Å². The standard InChI is InChI=1S/C23H33F/c1-3-18-10-13-20(14-11-18)22(15-19-7-5-4-6-8-19)21-12-9-17(2)23(24)16-21/h4-5,9,12,16,18-20,22H,3,6-8,10-11,13-15H2,1-2H3. The minimum Gasteiger partial charge on any atom is -0.207 e. The van der Waals surface area contributed by atoms with Crippen molar-refractivity contribution in [2.75, 3.05) is 0 Å². The van der Waals surface area contributed by atoms with Crippen LogP contribution in [0, 0.1) is 30.5 Å². The fraction of sp³-hybridized carbons (Fsp3) is 0.652. The summed E-state index contributed by atoms with van der Waals surface area (Å²) in [6.45, 7) is 4.19. The number of hydrogen-bond donors (Lipinski definition) is 0. The Labute approximate surface area is 147 Å². The topological polar surface area (TPSA) is 0 Å². The second-order valence-corrected chi connectivity index (χ2v) is 8.19. The van der Waals surface area contributed by atoms with Gasteiger partial charge in [0.15, 0.2) is 0 Å². The zero-order chi connectivity index (χ0) is 16.9. The van der Waals surface area contributed by atoms with Gasteiger partial charge in [0.05, 0.1) is 0 Å². The molecule has 0 heterocycles. The molecule has 2 aliphatic carbocycles. The first-order valence-corrected chi connectivity index (χ1v) is 10.1. The summed E-state index contributed by atoms with van der Waals surface area (Å²) >= 11 is 0. The van der Waals surface area contributed by atoms with Crippen LogP contribution in [0.3, 0.4) is 0 Å². The van der Waals surface area contributed by atoms with E-state index in [9.17, 15) is 4.39 Å². The molecule has 0 bridgehead atoms. The molecule has 132 valence electrons. The van der Waals surface area contributed by atoms with Gasteiger partial charge in [-0.15, -0.1) is 0 Å². The fourth-order valence-corrected chi connectivity index (χ4v) is 4.87. The number of benzene rings is 1. The number of aryl methyl sites for hydroxylation is 1. The molecule has 0 radical (unpaired) electrons. The molecule has 1 aromatic carbocycles. The number of hydrogen-bond acceptors (Lipinski definition) is 0. The predicted octanol–water partition coefficient (Wildman–Crippen LogP) is 7.18. The SMILES string of the molecule is CCC1CCC(C(CC2CC=CCC2)c2ccc(C)c(F)c2)CC1. The predicted molar refractivity (Wildman–Crippen MR) is 101 cm³/mol. The molecule has 2 unspecified atom stereocenters. The summed E-state index contributed by atoms with van der Waals surface area (Å²) in [4.78, 5) is 0. The molecule has 0 aliphatic heterocycles. The normalized spacial score (nSPS) is 28.7. The van der Waals surface area contributed by atoms with Crippen LogP contribution in [-0.4, -0.2) is 0 Å². The molecule has 2 atom stereocenters. The minimum atomic E-state index is -0.0247.